The van der Waals surface area contributed by atoms with Crippen molar-refractivity contribution in [2.45, 2.75) is 70.4 Å². The third-order valence-corrected chi connectivity index (χ3v) is 4.39. The molecule has 1 saturated carbocycles. The number of carbonyl (C=O) groups is 1. The topological polar surface area (TPSA) is 62.1 Å². The molecule has 2 aliphatic rings. The Morgan fingerprint density at radius 2 is 2.00 bits per heavy atom. The molecule has 4 heteroatoms. The molecule has 1 heterocycles. The average Bonchev–Trinajstić information content (AvgIpc) is 2.38. The highest BCUT2D eigenvalue weighted by atomic mass is 16.5. The Balaban J connectivity index is 1.98. The lowest BCUT2D eigenvalue weighted by Crippen LogP contribution is -2.50. The number of nitriles is 1. The summed E-state index contributed by atoms with van der Waals surface area (Å²) in [7, 11) is 0. The highest BCUT2D eigenvalue weighted by molar-refractivity contribution is 5.85. The van der Waals surface area contributed by atoms with Gasteiger partial charge in [0.2, 0.25) is 5.91 Å². The summed E-state index contributed by atoms with van der Waals surface area (Å²) in [6.45, 7) is 4.77. The molecule has 1 aliphatic carbocycles. The summed E-state index contributed by atoms with van der Waals surface area (Å²) >= 11 is 0. The molecule has 1 saturated heterocycles. The Kier molecular flexibility index (Phi) is 4.15. The number of ether oxygens (including phenoxy) is 1. The Bertz CT molecular complexity index is 378. The molecule has 1 aliphatic heterocycles. The Hall–Kier alpha value is -1.08. The number of amides is 1. The van der Waals surface area contributed by atoms with Gasteiger partial charge in [-0.2, -0.15) is 5.26 Å². The monoisotopic (exact) mass is 264 g/mol. The van der Waals surface area contributed by atoms with Gasteiger partial charge in [-0.05, 0) is 39.5 Å². The van der Waals surface area contributed by atoms with Crippen LogP contribution >= 0.6 is 0 Å². The van der Waals surface area contributed by atoms with Crippen LogP contribution in [0.1, 0.15) is 58.8 Å². The second-order valence-corrected chi connectivity index (χ2v) is 6.53. The molecule has 1 unspecified atom stereocenters. The summed E-state index contributed by atoms with van der Waals surface area (Å²) in [6.07, 6.45) is 6.20. The molecule has 106 valence electrons. The first-order valence-corrected chi connectivity index (χ1v) is 7.34. The predicted octanol–water partition coefficient (Wildman–Crippen LogP) is 2.53. The molecule has 0 aromatic heterocycles. The van der Waals surface area contributed by atoms with E-state index in [1.54, 1.807) is 0 Å². The fourth-order valence-corrected chi connectivity index (χ4v) is 3.22. The van der Waals surface area contributed by atoms with Gasteiger partial charge >= 0.3 is 0 Å². The van der Waals surface area contributed by atoms with E-state index in [1.807, 2.05) is 13.8 Å². The zero-order valence-electron chi connectivity index (χ0n) is 12.0. The van der Waals surface area contributed by atoms with Crippen molar-refractivity contribution >= 4 is 5.91 Å². The average molecular weight is 264 g/mol. The van der Waals surface area contributed by atoms with E-state index in [0.717, 1.165) is 32.1 Å². The first-order valence-electron chi connectivity index (χ1n) is 7.34. The van der Waals surface area contributed by atoms with Gasteiger partial charge in [0.15, 0.2) is 0 Å². The quantitative estimate of drug-likeness (QED) is 0.833. The number of rotatable bonds is 2. The van der Waals surface area contributed by atoms with Gasteiger partial charge in [-0.25, -0.2) is 0 Å². The van der Waals surface area contributed by atoms with E-state index in [4.69, 9.17) is 4.74 Å². The fraction of sp³-hybridized carbons (Fsp3) is 0.867. The molecule has 1 atom stereocenters. The molecule has 4 nitrogen and oxygen atoms in total. The van der Waals surface area contributed by atoms with E-state index in [2.05, 4.69) is 11.4 Å². The van der Waals surface area contributed by atoms with Crippen LogP contribution in [0.25, 0.3) is 0 Å². The SMILES string of the molecule is CC1(C)CC(NC(=O)C2(C#N)CCCCC2)CCO1. The summed E-state index contributed by atoms with van der Waals surface area (Å²) in [5, 5.41) is 12.5. The van der Waals surface area contributed by atoms with Crippen molar-refractivity contribution in [2.24, 2.45) is 5.41 Å². The van der Waals surface area contributed by atoms with Crippen LogP contribution in [0, 0.1) is 16.7 Å². The van der Waals surface area contributed by atoms with E-state index in [1.165, 1.54) is 0 Å². The van der Waals surface area contributed by atoms with Crippen LogP contribution in [-0.2, 0) is 9.53 Å². The minimum atomic E-state index is -0.777. The number of hydrogen-bond donors (Lipinski definition) is 1. The van der Waals surface area contributed by atoms with Crippen molar-refractivity contribution in [3.8, 4) is 6.07 Å². The Labute approximate surface area is 115 Å². The minimum Gasteiger partial charge on any atom is -0.375 e. The van der Waals surface area contributed by atoms with Crippen LogP contribution in [0.2, 0.25) is 0 Å². The standard InChI is InChI=1S/C15H24N2O2/c1-14(2)10-12(6-9-19-14)17-13(18)15(11-16)7-4-3-5-8-15/h12H,3-10H2,1-2H3,(H,17,18). The maximum Gasteiger partial charge on any atom is 0.240 e. The zero-order valence-corrected chi connectivity index (χ0v) is 12.0. The third-order valence-electron chi connectivity index (χ3n) is 4.39. The maximum absolute atomic E-state index is 12.5. The van der Waals surface area contributed by atoms with Crippen LogP contribution in [0.5, 0.6) is 0 Å². The van der Waals surface area contributed by atoms with E-state index < -0.39 is 5.41 Å². The van der Waals surface area contributed by atoms with Crippen LogP contribution < -0.4 is 5.32 Å². The van der Waals surface area contributed by atoms with Crippen molar-refractivity contribution in [1.82, 2.24) is 5.32 Å². The predicted molar refractivity (Wildman–Crippen MR) is 72.3 cm³/mol. The molecule has 0 aromatic rings. The van der Waals surface area contributed by atoms with Crippen LogP contribution in [0.4, 0.5) is 0 Å². The first-order chi connectivity index (χ1) is 8.97. The van der Waals surface area contributed by atoms with Gasteiger partial charge in [0.1, 0.15) is 5.41 Å². The lowest BCUT2D eigenvalue weighted by Gasteiger charge is -2.38. The Morgan fingerprint density at radius 3 is 2.58 bits per heavy atom. The molecule has 2 fully saturated rings. The molecule has 1 N–H and O–H groups in total. The normalized spacial score (nSPS) is 29.2. The number of nitrogens with zero attached hydrogens (tertiary/aromatic N) is 1. The van der Waals surface area contributed by atoms with Crippen LogP contribution in [-0.4, -0.2) is 24.2 Å². The van der Waals surface area contributed by atoms with E-state index in [0.29, 0.717) is 19.4 Å². The lowest BCUT2D eigenvalue weighted by atomic mass is 9.74. The maximum atomic E-state index is 12.5. The highest BCUT2D eigenvalue weighted by Crippen LogP contribution is 2.36. The van der Waals surface area contributed by atoms with Gasteiger partial charge in [0.05, 0.1) is 11.7 Å². The van der Waals surface area contributed by atoms with Gasteiger partial charge < -0.3 is 10.1 Å². The number of carbonyl (C=O) groups excluding carboxylic acids is 1. The molecule has 0 aromatic carbocycles. The highest BCUT2D eigenvalue weighted by Gasteiger charge is 2.41. The molecule has 2 rings (SSSR count). The summed E-state index contributed by atoms with van der Waals surface area (Å²) < 4.78 is 5.66. The van der Waals surface area contributed by atoms with Crippen molar-refractivity contribution in [3.05, 3.63) is 0 Å². The Morgan fingerprint density at radius 1 is 1.32 bits per heavy atom. The summed E-state index contributed by atoms with van der Waals surface area (Å²) in [4.78, 5) is 12.5. The molecule has 19 heavy (non-hydrogen) atoms. The molecular weight excluding hydrogens is 240 g/mol. The van der Waals surface area contributed by atoms with Gasteiger partial charge in [-0.3, -0.25) is 4.79 Å². The van der Waals surface area contributed by atoms with Crippen LogP contribution in [0.3, 0.4) is 0 Å². The molecule has 0 spiro atoms. The molecule has 1 amide bonds. The van der Waals surface area contributed by atoms with Crippen molar-refractivity contribution in [1.29, 1.82) is 5.26 Å². The molecular formula is C15H24N2O2. The largest absolute Gasteiger partial charge is 0.375 e. The van der Waals surface area contributed by atoms with Gasteiger partial charge in [0, 0.05) is 12.6 Å². The number of hydrogen-bond acceptors (Lipinski definition) is 3. The third kappa shape index (κ3) is 3.27. The fourth-order valence-electron chi connectivity index (χ4n) is 3.22. The van der Waals surface area contributed by atoms with Crippen molar-refractivity contribution in [2.75, 3.05) is 6.61 Å². The first kappa shape index (κ1) is 14.3. The smallest absolute Gasteiger partial charge is 0.240 e. The van der Waals surface area contributed by atoms with Crippen molar-refractivity contribution < 1.29 is 9.53 Å². The summed E-state index contributed by atoms with van der Waals surface area (Å²) in [6, 6.07) is 2.43. The van der Waals surface area contributed by atoms with E-state index in [-0.39, 0.29) is 17.6 Å². The van der Waals surface area contributed by atoms with Gasteiger partial charge in [-0.1, -0.05) is 19.3 Å². The molecule has 0 radical (unpaired) electrons. The summed E-state index contributed by atoms with van der Waals surface area (Å²) in [5.41, 5.74) is -0.955. The van der Waals surface area contributed by atoms with Gasteiger partial charge in [-0.15, -0.1) is 0 Å². The van der Waals surface area contributed by atoms with E-state index >= 15 is 0 Å². The van der Waals surface area contributed by atoms with Crippen LogP contribution in [0.15, 0.2) is 0 Å². The van der Waals surface area contributed by atoms with Crippen molar-refractivity contribution in [3.63, 3.8) is 0 Å². The van der Waals surface area contributed by atoms with E-state index in [9.17, 15) is 10.1 Å². The minimum absolute atomic E-state index is 0.0580. The zero-order chi connectivity index (χ0) is 13.9. The second kappa shape index (κ2) is 5.50. The lowest BCUT2D eigenvalue weighted by molar-refractivity contribution is -0.132. The molecule has 0 bridgehead atoms. The second-order valence-electron chi connectivity index (χ2n) is 6.53. The number of nitrogens with one attached hydrogen (secondary N) is 1. The van der Waals surface area contributed by atoms with Gasteiger partial charge in [0.25, 0.3) is 0 Å². The summed E-state index contributed by atoms with van der Waals surface area (Å²) in [5.74, 6) is -0.0580.